The third-order valence-electron chi connectivity index (χ3n) is 3.22. The summed E-state index contributed by atoms with van der Waals surface area (Å²) in [5.74, 6) is 0.419. The fourth-order valence-electron chi connectivity index (χ4n) is 2.04. The number of aryl methyl sites for hydroxylation is 1. The molecule has 10 heteroatoms. The lowest BCUT2D eigenvalue weighted by Crippen LogP contribution is -2.14. The van der Waals surface area contributed by atoms with Crippen LogP contribution in [0.3, 0.4) is 0 Å². The van der Waals surface area contributed by atoms with E-state index in [9.17, 15) is 18.0 Å². The molecule has 26 heavy (non-hydrogen) atoms. The molecule has 2 heterocycles. The number of anilines is 3. The van der Waals surface area contributed by atoms with Crippen LogP contribution in [0.15, 0.2) is 47.2 Å². The van der Waals surface area contributed by atoms with Gasteiger partial charge < -0.3 is 15.2 Å². The van der Waals surface area contributed by atoms with Crippen molar-refractivity contribution in [1.29, 1.82) is 0 Å². The molecular weight excluding hydrogens is 351 g/mol. The van der Waals surface area contributed by atoms with E-state index in [0.29, 0.717) is 5.76 Å². The van der Waals surface area contributed by atoms with Gasteiger partial charge in [0.1, 0.15) is 17.3 Å². The fourth-order valence-corrected chi connectivity index (χ4v) is 2.04. The van der Waals surface area contributed by atoms with Crippen LogP contribution >= 0.6 is 0 Å². The molecule has 0 unspecified atom stereocenters. The maximum Gasteiger partial charge on any atom is 0.416 e. The van der Waals surface area contributed by atoms with Gasteiger partial charge in [-0.05, 0) is 25.1 Å². The Bertz CT molecular complexity index is 922. The molecule has 7 nitrogen and oxygen atoms in total. The topological polar surface area (TPSA) is 92.9 Å². The van der Waals surface area contributed by atoms with Gasteiger partial charge in [0.15, 0.2) is 5.82 Å². The van der Waals surface area contributed by atoms with E-state index in [-0.39, 0.29) is 23.0 Å². The molecule has 0 aliphatic carbocycles. The number of halogens is 3. The van der Waals surface area contributed by atoms with Gasteiger partial charge in [-0.1, -0.05) is 11.2 Å². The third-order valence-corrected chi connectivity index (χ3v) is 3.22. The van der Waals surface area contributed by atoms with Crippen LogP contribution in [0.2, 0.25) is 0 Å². The highest BCUT2D eigenvalue weighted by molar-refractivity contribution is 6.02. The number of amides is 1. The second-order valence-corrected chi connectivity index (χ2v) is 5.27. The van der Waals surface area contributed by atoms with Gasteiger partial charge in [-0.25, -0.2) is 9.97 Å². The number of alkyl halides is 3. The molecule has 2 aromatic heterocycles. The first kappa shape index (κ1) is 17.4. The molecular formula is C16H12F3N5O2. The van der Waals surface area contributed by atoms with E-state index in [0.717, 1.165) is 12.1 Å². The lowest BCUT2D eigenvalue weighted by molar-refractivity contribution is -0.137. The molecule has 0 atom stereocenters. The Kier molecular flexibility index (Phi) is 4.57. The van der Waals surface area contributed by atoms with Crippen LogP contribution in [-0.4, -0.2) is 21.0 Å². The zero-order valence-electron chi connectivity index (χ0n) is 13.3. The van der Waals surface area contributed by atoms with Gasteiger partial charge in [-0.3, -0.25) is 4.79 Å². The fraction of sp³-hybridized carbons (Fsp3) is 0.125. The van der Waals surface area contributed by atoms with E-state index in [1.807, 2.05) is 0 Å². The Labute approximate surface area is 145 Å². The molecule has 0 fully saturated rings. The first-order chi connectivity index (χ1) is 12.3. The minimum Gasteiger partial charge on any atom is -0.360 e. The number of rotatable bonds is 4. The third kappa shape index (κ3) is 4.15. The monoisotopic (exact) mass is 363 g/mol. The minimum atomic E-state index is -4.44. The Morgan fingerprint density at radius 3 is 2.54 bits per heavy atom. The largest absolute Gasteiger partial charge is 0.416 e. The summed E-state index contributed by atoms with van der Waals surface area (Å²) >= 11 is 0. The maximum atomic E-state index is 12.7. The molecule has 3 aromatic rings. The first-order valence-electron chi connectivity index (χ1n) is 7.32. The van der Waals surface area contributed by atoms with Crippen molar-refractivity contribution in [2.45, 2.75) is 13.1 Å². The van der Waals surface area contributed by atoms with Gasteiger partial charge >= 0.3 is 6.18 Å². The van der Waals surface area contributed by atoms with Crippen LogP contribution in [-0.2, 0) is 6.18 Å². The predicted molar refractivity (Wildman–Crippen MR) is 86.0 cm³/mol. The number of aromatic nitrogens is 3. The van der Waals surface area contributed by atoms with Gasteiger partial charge in [0, 0.05) is 11.8 Å². The van der Waals surface area contributed by atoms with E-state index in [2.05, 4.69) is 25.8 Å². The highest BCUT2D eigenvalue weighted by Crippen LogP contribution is 2.31. The van der Waals surface area contributed by atoms with E-state index in [1.54, 1.807) is 6.92 Å². The van der Waals surface area contributed by atoms with Crippen LogP contribution in [0.5, 0.6) is 0 Å². The summed E-state index contributed by atoms with van der Waals surface area (Å²) in [5.41, 5.74) is -0.570. The number of hydrogen-bond donors (Lipinski definition) is 2. The molecule has 134 valence electrons. The van der Waals surface area contributed by atoms with Crippen molar-refractivity contribution in [3.8, 4) is 0 Å². The Morgan fingerprint density at radius 1 is 1.12 bits per heavy atom. The molecule has 0 saturated heterocycles. The molecule has 0 spiro atoms. The standard InChI is InChI=1S/C16H12F3N5O2/c1-9-5-13(24-26-9)23-15(25)12-7-21-14(8-20-12)22-11-4-2-3-10(6-11)16(17,18)19/h2-8H,1H3,(H,21,22)(H,23,24,25). The normalized spacial score (nSPS) is 11.2. The number of carbonyl (C=O) groups excluding carboxylic acids is 1. The Balaban J connectivity index is 1.69. The van der Waals surface area contributed by atoms with E-state index in [4.69, 9.17) is 4.52 Å². The van der Waals surface area contributed by atoms with Crippen molar-refractivity contribution in [2.24, 2.45) is 0 Å². The molecule has 0 radical (unpaired) electrons. The quantitative estimate of drug-likeness (QED) is 0.733. The lowest BCUT2D eigenvalue weighted by Gasteiger charge is -2.10. The van der Waals surface area contributed by atoms with Gasteiger partial charge in [-0.15, -0.1) is 0 Å². The van der Waals surface area contributed by atoms with Crippen LogP contribution in [0.1, 0.15) is 21.8 Å². The van der Waals surface area contributed by atoms with Crippen molar-refractivity contribution < 1.29 is 22.5 Å². The van der Waals surface area contributed by atoms with Gasteiger partial charge in [0.05, 0.1) is 18.0 Å². The second kappa shape index (κ2) is 6.82. The van der Waals surface area contributed by atoms with Crippen molar-refractivity contribution in [1.82, 2.24) is 15.1 Å². The molecule has 0 bridgehead atoms. The van der Waals surface area contributed by atoms with E-state index >= 15 is 0 Å². The highest BCUT2D eigenvalue weighted by atomic mass is 19.4. The summed E-state index contributed by atoms with van der Waals surface area (Å²) < 4.78 is 43.0. The van der Waals surface area contributed by atoms with Gasteiger partial charge in [-0.2, -0.15) is 13.2 Å². The van der Waals surface area contributed by atoms with Crippen LogP contribution in [0.4, 0.5) is 30.5 Å². The maximum absolute atomic E-state index is 12.7. The Hall–Kier alpha value is -3.43. The zero-order chi connectivity index (χ0) is 18.7. The molecule has 2 N–H and O–H groups in total. The zero-order valence-corrected chi connectivity index (χ0v) is 13.3. The SMILES string of the molecule is Cc1cc(NC(=O)c2cnc(Nc3cccc(C(F)(F)F)c3)cn2)no1. The van der Waals surface area contributed by atoms with Crippen molar-refractivity contribution in [3.63, 3.8) is 0 Å². The summed E-state index contributed by atoms with van der Waals surface area (Å²) in [7, 11) is 0. The minimum absolute atomic E-state index is 0.0141. The number of benzene rings is 1. The van der Waals surface area contributed by atoms with E-state index < -0.39 is 17.6 Å². The summed E-state index contributed by atoms with van der Waals surface area (Å²) in [6.07, 6.45) is -2.01. The molecule has 0 aliphatic rings. The van der Waals surface area contributed by atoms with E-state index in [1.165, 1.54) is 30.6 Å². The molecule has 0 aliphatic heterocycles. The average molecular weight is 363 g/mol. The predicted octanol–water partition coefficient (Wildman–Crippen LogP) is 3.79. The number of nitrogens with one attached hydrogen (secondary N) is 2. The van der Waals surface area contributed by atoms with Crippen molar-refractivity contribution in [2.75, 3.05) is 10.6 Å². The highest BCUT2D eigenvalue weighted by Gasteiger charge is 2.30. The smallest absolute Gasteiger partial charge is 0.360 e. The van der Waals surface area contributed by atoms with Gasteiger partial charge in [0.25, 0.3) is 5.91 Å². The average Bonchev–Trinajstić information content (AvgIpc) is 3.00. The second-order valence-electron chi connectivity index (χ2n) is 5.27. The number of nitrogens with zero attached hydrogens (tertiary/aromatic N) is 3. The van der Waals surface area contributed by atoms with Crippen LogP contribution in [0, 0.1) is 6.92 Å². The number of carbonyl (C=O) groups is 1. The van der Waals surface area contributed by atoms with Crippen LogP contribution < -0.4 is 10.6 Å². The molecule has 3 rings (SSSR count). The summed E-state index contributed by atoms with van der Waals surface area (Å²) in [4.78, 5) is 19.9. The number of hydrogen-bond acceptors (Lipinski definition) is 6. The Morgan fingerprint density at radius 2 is 1.92 bits per heavy atom. The molecule has 0 saturated carbocycles. The van der Waals surface area contributed by atoms with Crippen molar-refractivity contribution >= 4 is 23.2 Å². The lowest BCUT2D eigenvalue weighted by atomic mass is 10.2. The summed E-state index contributed by atoms with van der Waals surface area (Å²) in [6, 6.07) is 6.20. The van der Waals surface area contributed by atoms with Crippen LogP contribution in [0.25, 0.3) is 0 Å². The molecule has 1 amide bonds. The first-order valence-corrected chi connectivity index (χ1v) is 7.32. The van der Waals surface area contributed by atoms with Crippen molar-refractivity contribution in [3.05, 3.63) is 59.7 Å². The van der Waals surface area contributed by atoms with Gasteiger partial charge in [0.2, 0.25) is 0 Å². The molecule has 1 aromatic carbocycles. The summed E-state index contributed by atoms with van der Waals surface area (Å²) in [5, 5.41) is 8.81. The summed E-state index contributed by atoms with van der Waals surface area (Å²) in [6.45, 7) is 1.68.